The van der Waals surface area contributed by atoms with Crippen LogP contribution in [0.3, 0.4) is 0 Å². The summed E-state index contributed by atoms with van der Waals surface area (Å²) in [5, 5.41) is 18.2. The molecule has 2 nitrogen and oxygen atoms in total. The van der Waals surface area contributed by atoms with Crippen LogP contribution in [0.4, 0.5) is 0 Å². The number of aliphatic hydroxyl groups is 2. The highest BCUT2D eigenvalue weighted by Gasteiger charge is 2.01. The van der Waals surface area contributed by atoms with E-state index >= 15 is 0 Å². The average Bonchev–Trinajstić information content (AvgIpc) is 2.88. The van der Waals surface area contributed by atoms with Crippen molar-refractivity contribution in [1.82, 2.24) is 0 Å². The topological polar surface area (TPSA) is 40.5 Å². The molecule has 0 aromatic rings. The lowest BCUT2D eigenvalue weighted by molar-refractivity contribution is 0.150. The van der Waals surface area contributed by atoms with Crippen LogP contribution in [-0.2, 0) is 0 Å². The molecule has 0 aromatic heterocycles. The molecular formula is C34H66O2. The van der Waals surface area contributed by atoms with Crippen molar-refractivity contribution in [3.05, 3.63) is 36.5 Å². The Kier molecular flexibility index (Phi) is 37.6. The fraction of sp³-hybridized carbons (Fsp3) is 0.824. The van der Waals surface area contributed by atoms with Gasteiger partial charge in [-0.05, 0) is 64.2 Å². The number of rotatable bonds is 26. The van der Waals surface area contributed by atoms with Gasteiger partial charge < -0.3 is 10.2 Å². The summed E-state index contributed by atoms with van der Waals surface area (Å²) >= 11 is 0. The number of unbranched alkanes of at least 4 members (excludes halogenated alkanes) is 16. The van der Waals surface area contributed by atoms with Crippen molar-refractivity contribution in [2.75, 3.05) is 6.61 Å². The highest BCUT2D eigenvalue weighted by atomic mass is 16.3. The molecule has 0 aliphatic carbocycles. The van der Waals surface area contributed by atoms with Crippen molar-refractivity contribution >= 4 is 0 Å². The maximum Gasteiger partial charge on any atom is 0.0540 e. The molecule has 0 bridgehead atoms. The van der Waals surface area contributed by atoms with Crippen LogP contribution in [-0.4, -0.2) is 22.9 Å². The van der Waals surface area contributed by atoms with E-state index in [1.54, 1.807) is 0 Å². The van der Waals surface area contributed by atoms with E-state index in [9.17, 15) is 5.11 Å². The quantitative estimate of drug-likeness (QED) is 0.0695. The third kappa shape index (κ3) is 37.7. The summed E-state index contributed by atoms with van der Waals surface area (Å²) in [5.41, 5.74) is 0. The third-order valence-electron chi connectivity index (χ3n) is 6.54. The zero-order chi connectivity index (χ0) is 26.8. The van der Waals surface area contributed by atoms with Crippen molar-refractivity contribution in [3.8, 4) is 0 Å². The summed E-state index contributed by atoms with van der Waals surface area (Å²) in [6.45, 7) is 6.96. The van der Waals surface area contributed by atoms with Crippen LogP contribution in [0.1, 0.15) is 168 Å². The standard InChI is InChI=1S/C18H36O.C16H30O/c1-3-5-6-7-8-9-10-11-12-13-14-15-17-18(19)16-4-2;1-2-3-4-5-6-7-8-9-10-11-12-13-14-15-16-17/h9-10,18-19H,3-8,11-17H2,1-2H3;4-7,17H,2-3,8-16H2,1H3/b10-9-;5-4-,7-6+. The Balaban J connectivity index is 0. The predicted octanol–water partition coefficient (Wildman–Crippen LogP) is 11.0. The molecule has 0 heterocycles. The number of allylic oxidation sites excluding steroid dienone is 6. The van der Waals surface area contributed by atoms with Crippen LogP contribution in [0.5, 0.6) is 0 Å². The van der Waals surface area contributed by atoms with Crippen LogP contribution in [0.15, 0.2) is 36.5 Å². The van der Waals surface area contributed by atoms with Crippen molar-refractivity contribution < 1.29 is 10.2 Å². The molecule has 0 radical (unpaired) electrons. The summed E-state index contributed by atoms with van der Waals surface area (Å²) in [6.07, 6.45) is 42.1. The Morgan fingerprint density at radius 1 is 0.444 bits per heavy atom. The molecule has 1 atom stereocenters. The summed E-state index contributed by atoms with van der Waals surface area (Å²) in [7, 11) is 0. The van der Waals surface area contributed by atoms with E-state index in [-0.39, 0.29) is 6.10 Å². The molecule has 2 N–H and O–H groups in total. The van der Waals surface area contributed by atoms with E-state index in [0.29, 0.717) is 6.61 Å². The minimum absolute atomic E-state index is 0.0481. The van der Waals surface area contributed by atoms with Gasteiger partial charge in [-0.25, -0.2) is 0 Å². The summed E-state index contributed by atoms with van der Waals surface area (Å²) in [4.78, 5) is 0. The van der Waals surface area contributed by atoms with E-state index in [0.717, 1.165) is 25.7 Å². The highest BCUT2D eigenvalue weighted by Crippen LogP contribution is 2.11. The van der Waals surface area contributed by atoms with Gasteiger partial charge in [0.2, 0.25) is 0 Å². The van der Waals surface area contributed by atoms with Gasteiger partial charge in [-0.3, -0.25) is 0 Å². The molecule has 1 unspecified atom stereocenters. The van der Waals surface area contributed by atoms with Crippen molar-refractivity contribution in [1.29, 1.82) is 0 Å². The lowest BCUT2D eigenvalue weighted by Gasteiger charge is -2.07. The molecule has 2 heteroatoms. The molecular weight excluding hydrogens is 440 g/mol. The molecule has 0 rings (SSSR count). The first-order valence-corrected chi connectivity index (χ1v) is 16.0. The molecule has 0 aliphatic heterocycles. The molecule has 0 aromatic carbocycles. The summed E-state index contributed by atoms with van der Waals surface area (Å²) in [6, 6.07) is 0. The van der Waals surface area contributed by atoms with Gasteiger partial charge in [0.25, 0.3) is 0 Å². The van der Waals surface area contributed by atoms with Gasteiger partial charge in [0.15, 0.2) is 0 Å². The van der Waals surface area contributed by atoms with E-state index in [1.807, 2.05) is 0 Å². The maximum absolute atomic E-state index is 9.60. The Hall–Kier alpha value is -0.860. The van der Waals surface area contributed by atoms with E-state index in [4.69, 9.17) is 5.11 Å². The van der Waals surface area contributed by atoms with Gasteiger partial charge in [0, 0.05) is 6.61 Å². The Morgan fingerprint density at radius 3 is 1.44 bits per heavy atom. The van der Waals surface area contributed by atoms with Crippen molar-refractivity contribution in [2.45, 2.75) is 175 Å². The zero-order valence-corrected chi connectivity index (χ0v) is 24.9. The SMILES string of the molecule is CCC/C=C\C=C\CCCCCCCCCO.CCCCCC/C=C\CCCCCCC(O)CCC. The first kappa shape index (κ1) is 37.3. The van der Waals surface area contributed by atoms with Crippen molar-refractivity contribution in [3.63, 3.8) is 0 Å². The highest BCUT2D eigenvalue weighted by molar-refractivity contribution is 5.02. The fourth-order valence-electron chi connectivity index (χ4n) is 4.17. The van der Waals surface area contributed by atoms with E-state index < -0.39 is 0 Å². The number of hydrogen-bond donors (Lipinski definition) is 2. The largest absolute Gasteiger partial charge is 0.396 e. The monoisotopic (exact) mass is 507 g/mol. The second-order valence-electron chi connectivity index (χ2n) is 10.4. The van der Waals surface area contributed by atoms with Gasteiger partial charge in [-0.15, -0.1) is 0 Å². The van der Waals surface area contributed by atoms with Gasteiger partial charge in [-0.1, -0.05) is 141 Å². The first-order valence-electron chi connectivity index (χ1n) is 16.0. The van der Waals surface area contributed by atoms with Gasteiger partial charge >= 0.3 is 0 Å². The third-order valence-corrected chi connectivity index (χ3v) is 6.54. The van der Waals surface area contributed by atoms with Crippen LogP contribution < -0.4 is 0 Å². The van der Waals surface area contributed by atoms with Crippen LogP contribution in [0.25, 0.3) is 0 Å². The minimum atomic E-state index is -0.0481. The Morgan fingerprint density at radius 2 is 0.917 bits per heavy atom. The van der Waals surface area contributed by atoms with E-state index in [2.05, 4.69) is 57.2 Å². The lowest BCUT2D eigenvalue weighted by atomic mass is 10.0. The van der Waals surface area contributed by atoms with Crippen LogP contribution >= 0.6 is 0 Å². The van der Waals surface area contributed by atoms with Crippen LogP contribution in [0, 0.1) is 0 Å². The molecule has 0 aliphatic rings. The van der Waals surface area contributed by atoms with Gasteiger partial charge in [0.05, 0.1) is 6.10 Å². The first-order chi connectivity index (χ1) is 17.7. The average molecular weight is 507 g/mol. The molecule has 36 heavy (non-hydrogen) atoms. The van der Waals surface area contributed by atoms with E-state index in [1.165, 1.54) is 122 Å². The second-order valence-corrected chi connectivity index (χ2v) is 10.4. The van der Waals surface area contributed by atoms with Crippen LogP contribution in [0.2, 0.25) is 0 Å². The molecule has 0 saturated carbocycles. The smallest absolute Gasteiger partial charge is 0.0540 e. The minimum Gasteiger partial charge on any atom is -0.396 e. The molecule has 214 valence electrons. The number of hydrogen-bond acceptors (Lipinski definition) is 2. The summed E-state index contributed by atoms with van der Waals surface area (Å²) in [5.74, 6) is 0. The molecule has 0 spiro atoms. The van der Waals surface area contributed by atoms with Crippen molar-refractivity contribution in [2.24, 2.45) is 0 Å². The number of aliphatic hydroxyl groups excluding tert-OH is 2. The normalized spacial score (nSPS) is 12.6. The Bertz CT molecular complexity index is 452. The predicted molar refractivity (Wildman–Crippen MR) is 164 cm³/mol. The summed E-state index contributed by atoms with van der Waals surface area (Å²) < 4.78 is 0. The lowest BCUT2D eigenvalue weighted by Crippen LogP contribution is -2.04. The zero-order valence-electron chi connectivity index (χ0n) is 24.9. The maximum atomic E-state index is 9.60. The fourth-order valence-corrected chi connectivity index (χ4v) is 4.17. The Labute approximate surface area is 227 Å². The molecule has 0 amide bonds. The van der Waals surface area contributed by atoms with Gasteiger partial charge in [-0.2, -0.15) is 0 Å². The molecule has 0 fully saturated rings. The second kappa shape index (κ2) is 36.3. The molecule has 0 saturated heterocycles. The van der Waals surface area contributed by atoms with Gasteiger partial charge in [0.1, 0.15) is 0 Å².